The summed E-state index contributed by atoms with van der Waals surface area (Å²) in [4.78, 5) is 1.46. The third kappa shape index (κ3) is 1.94. The van der Waals surface area contributed by atoms with Gasteiger partial charge in [0.15, 0.2) is 0 Å². The maximum Gasteiger partial charge on any atom is 0.0304 e. The van der Waals surface area contributed by atoms with Gasteiger partial charge in [-0.2, -0.15) is 0 Å². The summed E-state index contributed by atoms with van der Waals surface area (Å²) in [6.07, 6.45) is 5.42. The van der Waals surface area contributed by atoms with Crippen LogP contribution in [0.5, 0.6) is 0 Å². The molecule has 0 aromatic carbocycles. The molecular formula is C11H17NS. The summed E-state index contributed by atoms with van der Waals surface area (Å²) in [5, 5.41) is 5.84. The van der Waals surface area contributed by atoms with Gasteiger partial charge in [-0.15, -0.1) is 11.3 Å². The lowest BCUT2D eigenvalue weighted by Crippen LogP contribution is -2.49. The summed E-state index contributed by atoms with van der Waals surface area (Å²) >= 11 is 1.85. The molecule has 1 aromatic rings. The zero-order valence-electron chi connectivity index (χ0n) is 8.18. The van der Waals surface area contributed by atoms with Gasteiger partial charge in [0.1, 0.15) is 0 Å². The van der Waals surface area contributed by atoms with Gasteiger partial charge in [0.25, 0.3) is 0 Å². The van der Waals surface area contributed by atoms with E-state index >= 15 is 0 Å². The van der Waals surface area contributed by atoms with Crippen LogP contribution in [0, 0.1) is 0 Å². The van der Waals surface area contributed by atoms with Gasteiger partial charge < -0.3 is 5.32 Å². The smallest absolute Gasteiger partial charge is 0.0304 e. The van der Waals surface area contributed by atoms with Crippen LogP contribution in [-0.4, -0.2) is 5.54 Å². The van der Waals surface area contributed by atoms with Gasteiger partial charge in [0.05, 0.1) is 0 Å². The minimum Gasteiger partial charge on any atom is -0.306 e. The quantitative estimate of drug-likeness (QED) is 0.778. The second kappa shape index (κ2) is 3.81. The van der Waals surface area contributed by atoms with Crippen LogP contribution in [0.2, 0.25) is 0 Å². The van der Waals surface area contributed by atoms with E-state index in [4.69, 9.17) is 0 Å². The Balaban J connectivity index is 1.84. The fourth-order valence-electron chi connectivity index (χ4n) is 1.95. The van der Waals surface area contributed by atoms with E-state index in [1.807, 2.05) is 11.3 Å². The summed E-state index contributed by atoms with van der Waals surface area (Å²) in [5.41, 5.74) is 0.490. The van der Waals surface area contributed by atoms with E-state index in [1.165, 1.54) is 30.6 Å². The van der Waals surface area contributed by atoms with Crippen molar-refractivity contribution in [3.05, 3.63) is 22.4 Å². The van der Waals surface area contributed by atoms with Crippen LogP contribution in [0.15, 0.2) is 17.5 Å². The Morgan fingerprint density at radius 1 is 1.54 bits per heavy atom. The average Bonchev–Trinajstić information content (AvgIpc) is 2.56. The lowest BCUT2D eigenvalue weighted by atomic mass is 9.75. The molecule has 1 heterocycles. The van der Waals surface area contributed by atoms with Gasteiger partial charge in [0.2, 0.25) is 0 Å². The van der Waals surface area contributed by atoms with E-state index in [2.05, 4.69) is 29.8 Å². The van der Waals surface area contributed by atoms with Crippen LogP contribution in [0.25, 0.3) is 0 Å². The number of thiophene rings is 1. The molecule has 0 atom stereocenters. The van der Waals surface area contributed by atoms with Crippen molar-refractivity contribution in [2.24, 2.45) is 0 Å². The molecule has 0 bridgehead atoms. The fraction of sp³-hybridized carbons (Fsp3) is 0.636. The Kier molecular flexibility index (Phi) is 2.70. The van der Waals surface area contributed by atoms with Crippen molar-refractivity contribution in [3.63, 3.8) is 0 Å². The first-order valence-electron chi connectivity index (χ1n) is 5.12. The van der Waals surface area contributed by atoms with Gasteiger partial charge >= 0.3 is 0 Å². The van der Waals surface area contributed by atoms with Crippen molar-refractivity contribution in [3.8, 4) is 0 Å². The predicted octanol–water partition coefficient (Wildman–Crippen LogP) is 3.17. The van der Waals surface area contributed by atoms with Gasteiger partial charge in [-0.05, 0) is 37.1 Å². The summed E-state index contributed by atoms with van der Waals surface area (Å²) in [5.74, 6) is 0. The molecule has 1 aliphatic rings. The van der Waals surface area contributed by atoms with Crippen molar-refractivity contribution in [2.45, 2.75) is 44.7 Å². The van der Waals surface area contributed by atoms with Crippen molar-refractivity contribution in [1.29, 1.82) is 0 Å². The van der Waals surface area contributed by atoms with Gasteiger partial charge in [-0.1, -0.05) is 13.0 Å². The van der Waals surface area contributed by atoms with Crippen molar-refractivity contribution >= 4 is 11.3 Å². The molecule has 1 nitrogen and oxygen atoms in total. The van der Waals surface area contributed by atoms with Crippen LogP contribution < -0.4 is 5.32 Å². The molecule has 0 aliphatic heterocycles. The third-order valence-corrected chi connectivity index (χ3v) is 4.08. The molecule has 2 rings (SSSR count). The Morgan fingerprint density at radius 3 is 2.85 bits per heavy atom. The standard InChI is InChI=1S/C11H17NS/c1-2-11(6-4-7-11)12-9-10-5-3-8-13-10/h3,5,8,12H,2,4,6-7,9H2,1H3. The third-order valence-electron chi connectivity index (χ3n) is 3.21. The van der Waals surface area contributed by atoms with E-state index in [9.17, 15) is 0 Å². The molecule has 2 heteroatoms. The first-order chi connectivity index (χ1) is 6.35. The topological polar surface area (TPSA) is 12.0 Å². The van der Waals surface area contributed by atoms with Gasteiger partial charge in [-0.25, -0.2) is 0 Å². The lowest BCUT2D eigenvalue weighted by molar-refractivity contribution is 0.176. The zero-order valence-corrected chi connectivity index (χ0v) is 8.99. The fourth-order valence-corrected chi connectivity index (χ4v) is 2.59. The molecular weight excluding hydrogens is 178 g/mol. The highest BCUT2D eigenvalue weighted by molar-refractivity contribution is 7.09. The Morgan fingerprint density at radius 2 is 2.38 bits per heavy atom. The SMILES string of the molecule is CCC1(NCc2cccs2)CCC1. The zero-order chi connectivity index (χ0) is 9.15. The summed E-state index contributed by atoms with van der Waals surface area (Å²) in [7, 11) is 0. The predicted molar refractivity (Wildman–Crippen MR) is 58.0 cm³/mol. The first kappa shape index (κ1) is 9.22. The summed E-state index contributed by atoms with van der Waals surface area (Å²) in [6.45, 7) is 3.35. The minimum atomic E-state index is 0.490. The maximum atomic E-state index is 3.70. The average molecular weight is 195 g/mol. The number of hydrogen-bond donors (Lipinski definition) is 1. The second-order valence-electron chi connectivity index (χ2n) is 3.92. The van der Waals surface area contributed by atoms with Crippen LogP contribution in [0.1, 0.15) is 37.5 Å². The van der Waals surface area contributed by atoms with E-state index in [0.717, 1.165) is 6.54 Å². The molecule has 0 spiro atoms. The Hall–Kier alpha value is -0.340. The Labute approximate surface area is 84.2 Å². The monoisotopic (exact) mass is 195 g/mol. The van der Waals surface area contributed by atoms with E-state index < -0.39 is 0 Å². The molecule has 72 valence electrons. The van der Waals surface area contributed by atoms with E-state index in [-0.39, 0.29) is 0 Å². The number of hydrogen-bond acceptors (Lipinski definition) is 2. The Bertz CT molecular complexity index is 244. The highest BCUT2D eigenvalue weighted by atomic mass is 32.1. The summed E-state index contributed by atoms with van der Waals surface area (Å²) < 4.78 is 0. The molecule has 13 heavy (non-hydrogen) atoms. The van der Waals surface area contributed by atoms with Gasteiger partial charge in [-0.3, -0.25) is 0 Å². The molecule has 1 saturated carbocycles. The van der Waals surface area contributed by atoms with Crippen molar-refractivity contribution in [2.75, 3.05) is 0 Å². The van der Waals surface area contributed by atoms with Crippen LogP contribution in [0.3, 0.4) is 0 Å². The largest absolute Gasteiger partial charge is 0.306 e. The van der Waals surface area contributed by atoms with Crippen molar-refractivity contribution < 1.29 is 0 Å². The molecule has 1 N–H and O–H groups in total. The molecule has 1 aliphatic carbocycles. The number of nitrogens with one attached hydrogen (secondary N) is 1. The molecule has 0 saturated heterocycles. The maximum absolute atomic E-state index is 3.70. The normalized spacial score (nSPS) is 19.8. The number of rotatable bonds is 4. The molecule has 0 unspecified atom stereocenters. The van der Waals surface area contributed by atoms with Crippen LogP contribution in [0.4, 0.5) is 0 Å². The van der Waals surface area contributed by atoms with Crippen molar-refractivity contribution in [1.82, 2.24) is 5.32 Å². The van der Waals surface area contributed by atoms with Gasteiger partial charge in [0, 0.05) is 17.0 Å². The summed E-state index contributed by atoms with van der Waals surface area (Å²) in [6, 6.07) is 4.33. The van der Waals surface area contributed by atoms with Crippen LogP contribution in [-0.2, 0) is 6.54 Å². The van der Waals surface area contributed by atoms with E-state index in [1.54, 1.807) is 0 Å². The van der Waals surface area contributed by atoms with E-state index in [0.29, 0.717) is 5.54 Å². The highest BCUT2D eigenvalue weighted by Crippen LogP contribution is 2.34. The first-order valence-corrected chi connectivity index (χ1v) is 6.00. The molecule has 0 amide bonds. The van der Waals surface area contributed by atoms with Crippen LogP contribution >= 0.6 is 11.3 Å². The molecule has 1 fully saturated rings. The second-order valence-corrected chi connectivity index (χ2v) is 4.95. The lowest BCUT2D eigenvalue weighted by Gasteiger charge is -2.42. The highest BCUT2D eigenvalue weighted by Gasteiger charge is 2.34. The molecule has 0 radical (unpaired) electrons. The minimum absolute atomic E-state index is 0.490. The molecule has 1 aromatic heterocycles.